The van der Waals surface area contributed by atoms with E-state index >= 15 is 0 Å². The second-order valence-electron chi connectivity index (χ2n) is 9.35. The number of carbonyl (C=O) groups is 2. The van der Waals surface area contributed by atoms with Gasteiger partial charge in [-0.15, -0.1) is 5.10 Å². The van der Waals surface area contributed by atoms with Gasteiger partial charge in [-0.2, -0.15) is 0 Å². The number of anilines is 1. The Hall–Kier alpha value is -3.73. The second kappa shape index (κ2) is 10.9. The molecule has 0 aliphatic carbocycles. The van der Waals surface area contributed by atoms with Crippen molar-refractivity contribution in [3.8, 4) is 0 Å². The van der Waals surface area contributed by atoms with Gasteiger partial charge in [0.25, 0.3) is 0 Å². The third-order valence-corrected chi connectivity index (χ3v) is 6.50. The molecule has 0 radical (unpaired) electrons. The molecule has 192 valence electrons. The summed E-state index contributed by atoms with van der Waals surface area (Å²) < 4.78 is 36.4. The van der Waals surface area contributed by atoms with E-state index in [-0.39, 0.29) is 12.3 Å². The van der Waals surface area contributed by atoms with Crippen LogP contribution in [-0.2, 0) is 25.8 Å². The molecule has 2 aromatic carbocycles. The molecule has 1 atom stereocenters. The molecule has 2 N–H and O–H groups in total. The minimum absolute atomic E-state index is 0.127. The number of benzene rings is 2. The van der Waals surface area contributed by atoms with E-state index in [9.17, 15) is 18.0 Å². The maximum Gasteiger partial charge on any atom is 0.408 e. The van der Waals surface area contributed by atoms with Crippen molar-refractivity contribution in [1.29, 1.82) is 0 Å². The van der Waals surface area contributed by atoms with Gasteiger partial charge in [0, 0.05) is 12.1 Å². The van der Waals surface area contributed by atoms with Crippen LogP contribution in [0.3, 0.4) is 0 Å². The van der Waals surface area contributed by atoms with Crippen molar-refractivity contribution in [2.24, 2.45) is 0 Å². The summed E-state index contributed by atoms with van der Waals surface area (Å²) in [6, 6.07) is 13.7. The number of hydrogen-bond donors (Lipinski definition) is 2. The first-order chi connectivity index (χ1) is 16.8. The largest absolute Gasteiger partial charge is 0.444 e. The van der Waals surface area contributed by atoms with Crippen LogP contribution in [0.1, 0.15) is 49.4 Å². The van der Waals surface area contributed by atoms with Crippen LogP contribution in [0.15, 0.2) is 58.2 Å². The Morgan fingerprint density at radius 1 is 1.03 bits per heavy atom. The molecule has 3 rings (SSSR count). The molecule has 1 heterocycles. The summed E-state index contributed by atoms with van der Waals surface area (Å²) in [5.74, 6) is -1.75. The topological polar surface area (TPSA) is 140 Å². The number of nitrogens with zero attached hydrogens (tertiary/aromatic N) is 2. The van der Waals surface area contributed by atoms with Gasteiger partial charge in [0.05, 0.1) is 0 Å². The Kier molecular flexibility index (Phi) is 8.13. The van der Waals surface area contributed by atoms with Crippen molar-refractivity contribution in [2.45, 2.75) is 57.9 Å². The Bertz CT molecular complexity index is 1330. The van der Waals surface area contributed by atoms with Gasteiger partial charge >= 0.3 is 11.3 Å². The maximum atomic E-state index is 12.8. The Morgan fingerprint density at radius 2 is 1.72 bits per heavy atom. The van der Waals surface area contributed by atoms with Gasteiger partial charge in [-0.3, -0.25) is 4.79 Å². The van der Waals surface area contributed by atoms with E-state index in [1.54, 1.807) is 32.9 Å². The molecule has 0 bridgehead atoms. The van der Waals surface area contributed by atoms with Gasteiger partial charge < -0.3 is 19.8 Å². The van der Waals surface area contributed by atoms with Crippen LogP contribution in [0.2, 0.25) is 0 Å². The van der Waals surface area contributed by atoms with E-state index in [1.807, 2.05) is 50.2 Å². The average molecular weight is 515 g/mol. The summed E-state index contributed by atoms with van der Waals surface area (Å²) in [7, 11) is -4.24. The molecule has 2 amide bonds. The van der Waals surface area contributed by atoms with Crippen molar-refractivity contribution in [2.75, 3.05) is 11.1 Å². The lowest BCUT2D eigenvalue weighted by atomic mass is 10.1. The smallest absolute Gasteiger partial charge is 0.408 e. The van der Waals surface area contributed by atoms with E-state index in [0.717, 1.165) is 16.7 Å². The van der Waals surface area contributed by atoms with E-state index in [4.69, 9.17) is 9.15 Å². The highest BCUT2D eigenvalue weighted by molar-refractivity contribution is 7.91. The summed E-state index contributed by atoms with van der Waals surface area (Å²) in [5.41, 5.74) is 2.41. The van der Waals surface area contributed by atoms with Crippen LogP contribution < -0.4 is 10.6 Å². The number of nitrogens with one attached hydrogen (secondary N) is 2. The summed E-state index contributed by atoms with van der Waals surface area (Å²) in [4.78, 5) is 24.9. The Morgan fingerprint density at radius 3 is 2.39 bits per heavy atom. The van der Waals surface area contributed by atoms with Crippen LogP contribution in [0.5, 0.6) is 0 Å². The number of aromatic nitrogens is 2. The predicted molar refractivity (Wildman–Crippen MR) is 133 cm³/mol. The van der Waals surface area contributed by atoms with Crippen molar-refractivity contribution in [3.63, 3.8) is 0 Å². The van der Waals surface area contributed by atoms with Gasteiger partial charge in [-0.25, -0.2) is 13.2 Å². The van der Waals surface area contributed by atoms with Crippen LogP contribution in [0, 0.1) is 13.8 Å². The second-order valence-corrected chi connectivity index (χ2v) is 11.2. The molecular weight excluding hydrogens is 484 g/mol. The van der Waals surface area contributed by atoms with Crippen molar-refractivity contribution >= 4 is 27.5 Å². The Balaban J connectivity index is 1.78. The first-order valence-electron chi connectivity index (χ1n) is 11.3. The van der Waals surface area contributed by atoms with E-state index < -0.39 is 44.5 Å². The summed E-state index contributed by atoms with van der Waals surface area (Å²) in [6.45, 7) is 8.88. The first-order valence-corrected chi connectivity index (χ1v) is 12.9. The van der Waals surface area contributed by atoms with Crippen LogP contribution in [0.4, 0.5) is 10.5 Å². The van der Waals surface area contributed by atoms with Gasteiger partial charge in [0.15, 0.2) is 0 Å². The van der Waals surface area contributed by atoms with Gasteiger partial charge in [0.2, 0.25) is 21.6 Å². The maximum absolute atomic E-state index is 12.8. The lowest BCUT2D eigenvalue weighted by molar-refractivity contribution is -0.113. The zero-order chi connectivity index (χ0) is 26.5. The van der Waals surface area contributed by atoms with Crippen molar-refractivity contribution < 1.29 is 27.2 Å². The number of rotatable bonds is 8. The molecule has 11 heteroatoms. The lowest BCUT2D eigenvalue weighted by Crippen LogP contribution is -2.36. The van der Waals surface area contributed by atoms with Gasteiger partial charge in [0.1, 0.15) is 17.4 Å². The molecule has 10 nitrogen and oxygen atoms in total. The quantitative estimate of drug-likeness (QED) is 0.461. The third-order valence-electron chi connectivity index (χ3n) is 5.16. The van der Waals surface area contributed by atoms with Crippen LogP contribution in [0.25, 0.3) is 0 Å². The fraction of sp³-hybridized carbons (Fsp3) is 0.360. The summed E-state index contributed by atoms with van der Waals surface area (Å²) in [5, 5.41) is 12.0. The van der Waals surface area contributed by atoms with Crippen LogP contribution in [-0.4, -0.2) is 42.0 Å². The number of carbonyl (C=O) groups excluding carboxylic acids is 2. The fourth-order valence-corrected chi connectivity index (χ4v) is 4.21. The van der Waals surface area contributed by atoms with Gasteiger partial charge in [-0.05, 0) is 57.4 Å². The minimum Gasteiger partial charge on any atom is -0.444 e. The van der Waals surface area contributed by atoms with E-state index in [0.29, 0.717) is 5.69 Å². The zero-order valence-corrected chi connectivity index (χ0v) is 21.7. The number of sulfone groups is 1. The predicted octanol–water partition coefficient (Wildman–Crippen LogP) is 3.91. The van der Waals surface area contributed by atoms with Crippen molar-refractivity contribution in [3.05, 3.63) is 71.1 Å². The SMILES string of the molecule is Cc1cccc(NC(=O)CS(=O)(=O)c2nnc(C(Cc3ccccc3)NC(=O)OC(C)(C)C)o2)c1C. The highest BCUT2D eigenvalue weighted by Crippen LogP contribution is 2.22. The monoisotopic (exact) mass is 514 g/mol. The number of alkyl carbamates (subject to hydrolysis) is 1. The third kappa shape index (κ3) is 7.38. The molecule has 1 aromatic heterocycles. The number of ether oxygens (including phenoxy) is 1. The fourth-order valence-electron chi connectivity index (χ4n) is 3.29. The summed E-state index contributed by atoms with van der Waals surface area (Å²) >= 11 is 0. The highest BCUT2D eigenvalue weighted by atomic mass is 32.2. The molecule has 0 saturated carbocycles. The van der Waals surface area contributed by atoms with Crippen LogP contribution >= 0.6 is 0 Å². The molecule has 0 fully saturated rings. The summed E-state index contributed by atoms with van der Waals surface area (Å²) in [6.07, 6.45) is -0.478. The molecule has 0 aliphatic rings. The highest BCUT2D eigenvalue weighted by Gasteiger charge is 2.30. The van der Waals surface area contributed by atoms with E-state index in [1.165, 1.54) is 0 Å². The number of hydrogen-bond acceptors (Lipinski definition) is 8. The van der Waals surface area contributed by atoms with Crippen molar-refractivity contribution in [1.82, 2.24) is 15.5 Å². The molecular formula is C25H30N4O6S. The minimum atomic E-state index is -4.24. The number of aryl methyl sites for hydroxylation is 1. The average Bonchev–Trinajstić information content (AvgIpc) is 3.27. The lowest BCUT2D eigenvalue weighted by Gasteiger charge is -2.22. The standard InChI is InChI=1S/C25H30N4O6S/c1-16-10-9-13-19(17(16)2)26-21(30)15-36(32,33)24-29-28-22(34-24)20(14-18-11-7-6-8-12-18)27-23(31)35-25(3,4)5/h6-13,20H,14-15H2,1-5H3,(H,26,30)(H,27,31). The number of amides is 2. The Labute approximate surface area is 210 Å². The molecule has 0 saturated heterocycles. The molecule has 1 unspecified atom stereocenters. The first kappa shape index (κ1) is 26.9. The normalized spacial score (nSPS) is 12.6. The van der Waals surface area contributed by atoms with E-state index in [2.05, 4.69) is 20.8 Å². The molecule has 0 spiro atoms. The molecule has 3 aromatic rings. The molecule has 0 aliphatic heterocycles. The van der Waals surface area contributed by atoms with Gasteiger partial charge in [-0.1, -0.05) is 47.6 Å². The molecule has 36 heavy (non-hydrogen) atoms. The zero-order valence-electron chi connectivity index (χ0n) is 20.9.